The number of aryl methyl sites for hydroxylation is 1. The molecule has 29 heavy (non-hydrogen) atoms. The lowest BCUT2D eigenvalue weighted by atomic mass is 10.1. The summed E-state index contributed by atoms with van der Waals surface area (Å²) in [6.45, 7) is 5.43. The molecule has 0 saturated heterocycles. The molecule has 0 heterocycles. The number of amides is 1. The van der Waals surface area contributed by atoms with Gasteiger partial charge in [-0.1, -0.05) is 42.5 Å². The van der Waals surface area contributed by atoms with Gasteiger partial charge in [-0.3, -0.25) is 4.79 Å². The van der Waals surface area contributed by atoms with Gasteiger partial charge in [-0.05, 0) is 49.9 Å². The minimum Gasteiger partial charge on any atom is -0.379 e. The lowest BCUT2D eigenvalue weighted by Gasteiger charge is -2.09. The van der Waals surface area contributed by atoms with E-state index in [1.165, 1.54) is 0 Å². The van der Waals surface area contributed by atoms with Crippen molar-refractivity contribution in [3.05, 3.63) is 65.7 Å². The number of sulfonamides is 1. The molecule has 0 aliphatic carbocycles. The molecule has 0 saturated carbocycles. The first-order chi connectivity index (χ1) is 13.9. The van der Waals surface area contributed by atoms with Gasteiger partial charge in [0.1, 0.15) is 0 Å². The molecule has 0 bridgehead atoms. The van der Waals surface area contributed by atoms with Crippen LogP contribution in [0.1, 0.15) is 37.8 Å². The van der Waals surface area contributed by atoms with Gasteiger partial charge >= 0.3 is 0 Å². The van der Waals surface area contributed by atoms with Gasteiger partial charge in [-0.15, -0.1) is 0 Å². The number of ether oxygens (including phenoxy) is 1. The molecule has 0 aliphatic rings. The zero-order valence-corrected chi connectivity index (χ0v) is 17.9. The summed E-state index contributed by atoms with van der Waals surface area (Å²) in [7, 11) is -3.57. The van der Waals surface area contributed by atoms with Gasteiger partial charge in [0.25, 0.3) is 0 Å². The first-order valence-electron chi connectivity index (χ1n) is 9.87. The summed E-state index contributed by atoms with van der Waals surface area (Å²) in [5, 5.41) is 2.87. The number of rotatable bonds is 12. The third-order valence-corrected chi connectivity index (χ3v) is 5.70. The molecule has 2 aromatic rings. The summed E-state index contributed by atoms with van der Waals surface area (Å²) in [6, 6.07) is 16.0. The summed E-state index contributed by atoms with van der Waals surface area (Å²) in [4.78, 5) is 12.1. The van der Waals surface area contributed by atoms with E-state index >= 15 is 0 Å². The van der Waals surface area contributed by atoms with Gasteiger partial charge < -0.3 is 10.1 Å². The molecule has 158 valence electrons. The van der Waals surface area contributed by atoms with Gasteiger partial charge in [0.15, 0.2) is 0 Å². The number of carbonyl (C=O) groups is 1. The molecule has 2 N–H and O–H groups in total. The fourth-order valence-corrected chi connectivity index (χ4v) is 3.68. The van der Waals surface area contributed by atoms with Crippen LogP contribution in [-0.4, -0.2) is 33.6 Å². The molecule has 0 unspecified atom stereocenters. The zero-order chi connectivity index (χ0) is 21.1. The SMILES string of the molecule is CC(C)OCCCNC(=O)CCc1ccc(S(=O)(=O)NCc2ccccc2)cc1. The minimum absolute atomic E-state index is 0.0178. The number of nitrogens with one attached hydrogen (secondary N) is 2. The quantitative estimate of drug-likeness (QED) is 0.519. The van der Waals surface area contributed by atoms with E-state index in [0.29, 0.717) is 26.0 Å². The van der Waals surface area contributed by atoms with Crippen molar-refractivity contribution in [1.29, 1.82) is 0 Å². The van der Waals surface area contributed by atoms with Gasteiger partial charge in [0.05, 0.1) is 11.0 Å². The maximum atomic E-state index is 12.4. The monoisotopic (exact) mass is 418 g/mol. The highest BCUT2D eigenvalue weighted by molar-refractivity contribution is 7.89. The molecule has 2 aromatic carbocycles. The predicted molar refractivity (Wildman–Crippen MR) is 114 cm³/mol. The van der Waals surface area contributed by atoms with Crippen molar-refractivity contribution in [2.45, 2.75) is 50.7 Å². The molecule has 0 atom stereocenters. The highest BCUT2D eigenvalue weighted by Gasteiger charge is 2.13. The summed E-state index contributed by atoms with van der Waals surface area (Å²) >= 11 is 0. The Kier molecular flexibility index (Phi) is 9.31. The van der Waals surface area contributed by atoms with E-state index in [-0.39, 0.29) is 23.5 Å². The predicted octanol–water partition coefficient (Wildman–Crippen LogP) is 3.03. The van der Waals surface area contributed by atoms with E-state index in [0.717, 1.165) is 17.5 Å². The van der Waals surface area contributed by atoms with Crippen molar-refractivity contribution < 1.29 is 17.9 Å². The van der Waals surface area contributed by atoms with E-state index in [4.69, 9.17) is 4.74 Å². The van der Waals surface area contributed by atoms with Gasteiger partial charge in [-0.25, -0.2) is 13.1 Å². The Morgan fingerprint density at radius 3 is 2.34 bits per heavy atom. The van der Waals surface area contributed by atoms with Crippen molar-refractivity contribution in [2.75, 3.05) is 13.2 Å². The fourth-order valence-electron chi connectivity index (χ4n) is 2.66. The van der Waals surface area contributed by atoms with Crippen LogP contribution in [-0.2, 0) is 32.5 Å². The van der Waals surface area contributed by atoms with E-state index < -0.39 is 10.0 Å². The summed E-state index contributed by atoms with van der Waals surface area (Å²) in [5.74, 6) is -0.0178. The summed E-state index contributed by atoms with van der Waals surface area (Å²) in [5.41, 5.74) is 1.82. The van der Waals surface area contributed by atoms with Crippen LogP contribution in [0.3, 0.4) is 0 Å². The third kappa shape index (κ3) is 8.77. The fraction of sp³-hybridized carbons (Fsp3) is 0.409. The molecule has 0 fully saturated rings. The Morgan fingerprint density at radius 1 is 1.00 bits per heavy atom. The first kappa shape index (κ1) is 23.1. The van der Waals surface area contributed by atoms with Crippen LogP contribution in [0.15, 0.2) is 59.5 Å². The Bertz CT molecular complexity index is 850. The van der Waals surface area contributed by atoms with Crippen LogP contribution in [0, 0.1) is 0 Å². The van der Waals surface area contributed by atoms with Crippen molar-refractivity contribution in [1.82, 2.24) is 10.0 Å². The van der Waals surface area contributed by atoms with Crippen LogP contribution < -0.4 is 10.0 Å². The van der Waals surface area contributed by atoms with E-state index in [9.17, 15) is 13.2 Å². The van der Waals surface area contributed by atoms with Gasteiger partial charge in [0, 0.05) is 26.1 Å². The normalized spacial score (nSPS) is 11.6. The van der Waals surface area contributed by atoms with Crippen LogP contribution >= 0.6 is 0 Å². The van der Waals surface area contributed by atoms with Crippen molar-refractivity contribution in [2.24, 2.45) is 0 Å². The molecule has 7 heteroatoms. The van der Waals surface area contributed by atoms with Gasteiger partial charge in [0.2, 0.25) is 15.9 Å². The van der Waals surface area contributed by atoms with Crippen LogP contribution in [0.4, 0.5) is 0 Å². The molecule has 0 spiro atoms. The van der Waals surface area contributed by atoms with Crippen LogP contribution in [0.5, 0.6) is 0 Å². The average molecular weight is 419 g/mol. The Balaban J connectivity index is 1.75. The Labute approximate surface area is 173 Å². The lowest BCUT2D eigenvalue weighted by molar-refractivity contribution is -0.121. The molecule has 0 aromatic heterocycles. The van der Waals surface area contributed by atoms with E-state index in [2.05, 4.69) is 10.0 Å². The highest BCUT2D eigenvalue weighted by atomic mass is 32.2. The van der Waals surface area contributed by atoms with Gasteiger partial charge in [-0.2, -0.15) is 0 Å². The molecule has 0 radical (unpaired) electrons. The van der Waals surface area contributed by atoms with E-state index in [1.807, 2.05) is 44.2 Å². The minimum atomic E-state index is -3.57. The van der Waals surface area contributed by atoms with Crippen molar-refractivity contribution in [3.63, 3.8) is 0 Å². The smallest absolute Gasteiger partial charge is 0.240 e. The first-order valence-corrected chi connectivity index (χ1v) is 11.4. The number of carbonyl (C=O) groups excluding carboxylic acids is 1. The van der Waals surface area contributed by atoms with Crippen molar-refractivity contribution in [3.8, 4) is 0 Å². The molecule has 1 amide bonds. The number of hydrogen-bond acceptors (Lipinski definition) is 4. The molecular formula is C22H30N2O4S. The molecule has 6 nitrogen and oxygen atoms in total. The van der Waals surface area contributed by atoms with Crippen LogP contribution in [0.25, 0.3) is 0 Å². The summed E-state index contributed by atoms with van der Waals surface area (Å²) < 4.78 is 32.8. The second kappa shape index (κ2) is 11.7. The molecule has 0 aliphatic heterocycles. The Morgan fingerprint density at radius 2 is 1.69 bits per heavy atom. The maximum absolute atomic E-state index is 12.4. The number of hydrogen-bond donors (Lipinski definition) is 2. The second-order valence-electron chi connectivity index (χ2n) is 7.08. The molecule has 2 rings (SSSR count). The maximum Gasteiger partial charge on any atom is 0.240 e. The highest BCUT2D eigenvalue weighted by Crippen LogP contribution is 2.12. The molecular weight excluding hydrogens is 388 g/mol. The van der Waals surface area contributed by atoms with Crippen LogP contribution in [0.2, 0.25) is 0 Å². The second-order valence-corrected chi connectivity index (χ2v) is 8.84. The Hall–Kier alpha value is -2.22. The zero-order valence-electron chi connectivity index (χ0n) is 17.1. The average Bonchev–Trinajstić information content (AvgIpc) is 2.71. The number of benzene rings is 2. The lowest BCUT2D eigenvalue weighted by Crippen LogP contribution is -2.25. The largest absolute Gasteiger partial charge is 0.379 e. The standard InChI is InChI=1S/C22H30N2O4S/c1-18(2)28-16-6-15-23-22(25)14-11-19-9-12-21(13-10-19)29(26,27)24-17-20-7-4-3-5-8-20/h3-5,7-10,12-13,18,24H,6,11,14-17H2,1-2H3,(H,23,25). The summed E-state index contributed by atoms with van der Waals surface area (Å²) in [6.07, 6.45) is 1.91. The van der Waals surface area contributed by atoms with Crippen molar-refractivity contribution >= 4 is 15.9 Å². The third-order valence-electron chi connectivity index (χ3n) is 4.28. The topological polar surface area (TPSA) is 84.5 Å². The van der Waals surface area contributed by atoms with E-state index in [1.54, 1.807) is 24.3 Å².